The number of carbonyl (C=O) groups is 1. The number of rotatable bonds is 9. The lowest BCUT2D eigenvalue weighted by atomic mass is 9.99. The molecule has 3 heteroatoms. The highest BCUT2D eigenvalue weighted by molar-refractivity contribution is 6.17. The van der Waals surface area contributed by atoms with Crippen LogP contribution in [0.4, 0.5) is 0 Å². The van der Waals surface area contributed by atoms with Gasteiger partial charge in [0, 0.05) is 18.8 Å². The molecule has 0 spiro atoms. The fourth-order valence-corrected chi connectivity index (χ4v) is 1.65. The van der Waals surface area contributed by atoms with Crippen LogP contribution in [0.25, 0.3) is 0 Å². The number of hydrogen-bond acceptors (Lipinski definition) is 1. The Morgan fingerprint density at radius 1 is 1.33 bits per heavy atom. The molecule has 0 aromatic heterocycles. The summed E-state index contributed by atoms with van der Waals surface area (Å²) in [5.41, 5.74) is 0. The van der Waals surface area contributed by atoms with E-state index in [9.17, 15) is 4.79 Å². The molecule has 0 aliphatic heterocycles. The minimum atomic E-state index is 0.144. The predicted molar refractivity (Wildman–Crippen MR) is 66.3 cm³/mol. The molecule has 0 aliphatic rings. The molecular weight excluding hydrogens is 210 g/mol. The molecule has 0 radical (unpaired) electrons. The lowest BCUT2D eigenvalue weighted by Gasteiger charge is -2.15. The van der Waals surface area contributed by atoms with E-state index in [1.54, 1.807) is 0 Å². The molecule has 0 aromatic rings. The third kappa shape index (κ3) is 8.73. The summed E-state index contributed by atoms with van der Waals surface area (Å²) in [7, 11) is 0. The third-order valence-electron chi connectivity index (χ3n) is 2.67. The summed E-state index contributed by atoms with van der Waals surface area (Å²) in [6.45, 7) is 5.22. The first-order valence-corrected chi connectivity index (χ1v) is 6.60. The summed E-state index contributed by atoms with van der Waals surface area (Å²) in [6.07, 6.45) is 6.21. The molecule has 0 aliphatic carbocycles. The molecule has 0 bridgehead atoms. The average Bonchev–Trinajstić information content (AvgIpc) is 2.26. The van der Waals surface area contributed by atoms with E-state index < -0.39 is 0 Å². The van der Waals surface area contributed by atoms with Gasteiger partial charge < -0.3 is 5.32 Å². The Bertz CT molecular complexity index is 162. The van der Waals surface area contributed by atoms with Crippen molar-refractivity contribution in [2.45, 2.75) is 52.4 Å². The smallest absolute Gasteiger partial charge is 0.220 e. The molecule has 0 saturated carbocycles. The molecule has 0 rings (SSSR count). The van der Waals surface area contributed by atoms with E-state index in [-0.39, 0.29) is 5.91 Å². The normalized spacial score (nSPS) is 12.5. The number of alkyl halides is 1. The predicted octanol–water partition coefficient (Wildman–Crippen LogP) is 3.34. The molecule has 15 heavy (non-hydrogen) atoms. The van der Waals surface area contributed by atoms with Crippen molar-refractivity contribution in [3.05, 3.63) is 0 Å². The SMILES string of the molecule is CCCC[C@H](CC)CNC(=O)CCCCl. The van der Waals surface area contributed by atoms with Crippen LogP contribution < -0.4 is 5.32 Å². The maximum atomic E-state index is 11.3. The standard InChI is InChI=1S/C12H24ClNO/c1-3-5-7-11(4-2)10-14-12(15)8-6-9-13/h11H,3-10H2,1-2H3,(H,14,15)/t11-/m0/s1. The van der Waals surface area contributed by atoms with Gasteiger partial charge in [-0.05, 0) is 18.8 Å². The van der Waals surface area contributed by atoms with Crippen LogP contribution >= 0.6 is 11.6 Å². The van der Waals surface area contributed by atoms with Crippen molar-refractivity contribution < 1.29 is 4.79 Å². The van der Waals surface area contributed by atoms with E-state index in [0.29, 0.717) is 18.2 Å². The van der Waals surface area contributed by atoms with Gasteiger partial charge in [0.1, 0.15) is 0 Å². The second-order valence-electron chi connectivity index (χ2n) is 4.01. The first kappa shape index (κ1) is 14.8. The third-order valence-corrected chi connectivity index (χ3v) is 2.94. The highest BCUT2D eigenvalue weighted by Gasteiger charge is 2.07. The highest BCUT2D eigenvalue weighted by Crippen LogP contribution is 2.11. The largest absolute Gasteiger partial charge is 0.356 e. The Labute approximate surface area is 98.8 Å². The molecule has 0 fully saturated rings. The molecule has 0 unspecified atom stereocenters. The molecule has 2 nitrogen and oxygen atoms in total. The molecular formula is C12H24ClNO. The fourth-order valence-electron chi connectivity index (χ4n) is 1.52. The van der Waals surface area contributed by atoms with Gasteiger partial charge in [-0.2, -0.15) is 0 Å². The van der Waals surface area contributed by atoms with Gasteiger partial charge in [0.25, 0.3) is 0 Å². The van der Waals surface area contributed by atoms with Crippen LogP contribution in [0.5, 0.6) is 0 Å². The Morgan fingerprint density at radius 3 is 2.60 bits per heavy atom. The van der Waals surface area contributed by atoms with Gasteiger partial charge in [0.15, 0.2) is 0 Å². The maximum Gasteiger partial charge on any atom is 0.220 e. The van der Waals surface area contributed by atoms with Crippen molar-refractivity contribution in [1.82, 2.24) is 5.32 Å². The Hall–Kier alpha value is -0.240. The lowest BCUT2D eigenvalue weighted by molar-refractivity contribution is -0.121. The van der Waals surface area contributed by atoms with Crippen LogP contribution in [0, 0.1) is 5.92 Å². The molecule has 1 atom stereocenters. The summed E-state index contributed by atoms with van der Waals surface area (Å²) in [5, 5.41) is 2.98. The van der Waals surface area contributed by atoms with Crippen LogP contribution in [0.3, 0.4) is 0 Å². The first-order valence-electron chi connectivity index (χ1n) is 6.07. The Morgan fingerprint density at radius 2 is 2.07 bits per heavy atom. The van der Waals surface area contributed by atoms with Crippen molar-refractivity contribution in [1.29, 1.82) is 0 Å². The zero-order valence-corrected chi connectivity index (χ0v) is 10.8. The van der Waals surface area contributed by atoms with E-state index in [1.165, 1.54) is 19.3 Å². The van der Waals surface area contributed by atoms with Crippen molar-refractivity contribution in [3.63, 3.8) is 0 Å². The van der Waals surface area contributed by atoms with Crippen molar-refractivity contribution in [3.8, 4) is 0 Å². The number of hydrogen-bond donors (Lipinski definition) is 1. The summed E-state index contributed by atoms with van der Waals surface area (Å²) in [4.78, 5) is 11.3. The molecule has 0 heterocycles. The number of unbranched alkanes of at least 4 members (excludes halogenated alkanes) is 1. The van der Waals surface area contributed by atoms with Crippen LogP contribution in [0.2, 0.25) is 0 Å². The van der Waals surface area contributed by atoms with Gasteiger partial charge in [-0.25, -0.2) is 0 Å². The van der Waals surface area contributed by atoms with Gasteiger partial charge in [0.2, 0.25) is 5.91 Å². The molecule has 1 amide bonds. The number of halogens is 1. The van der Waals surface area contributed by atoms with Crippen molar-refractivity contribution in [2.75, 3.05) is 12.4 Å². The zero-order chi connectivity index (χ0) is 11.5. The summed E-state index contributed by atoms with van der Waals surface area (Å²) >= 11 is 5.52. The Balaban J connectivity index is 3.55. The maximum absolute atomic E-state index is 11.3. The van der Waals surface area contributed by atoms with Gasteiger partial charge in [-0.3, -0.25) is 4.79 Å². The Kier molecular flexibility index (Phi) is 10.1. The molecule has 0 aromatic carbocycles. The van der Waals surface area contributed by atoms with Crippen LogP contribution in [0.15, 0.2) is 0 Å². The lowest BCUT2D eigenvalue weighted by Crippen LogP contribution is -2.28. The molecule has 0 saturated heterocycles. The van der Waals surface area contributed by atoms with Crippen molar-refractivity contribution in [2.24, 2.45) is 5.92 Å². The van der Waals surface area contributed by atoms with Crippen LogP contribution in [-0.4, -0.2) is 18.3 Å². The molecule has 1 N–H and O–H groups in total. The van der Waals surface area contributed by atoms with Gasteiger partial charge in [-0.1, -0.05) is 33.1 Å². The first-order chi connectivity index (χ1) is 7.24. The summed E-state index contributed by atoms with van der Waals surface area (Å²) in [6, 6.07) is 0. The monoisotopic (exact) mass is 233 g/mol. The average molecular weight is 234 g/mol. The van der Waals surface area contributed by atoms with E-state index >= 15 is 0 Å². The van der Waals surface area contributed by atoms with E-state index in [4.69, 9.17) is 11.6 Å². The van der Waals surface area contributed by atoms with Gasteiger partial charge in [-0.15, -0.1) is 11.6 Å². The molecule has 90 valence electrons. The number of carbonyl (C=O) groups excluding carboxylic acids is 1. The van der Waals surface area contributed by atoms with Crippen LogP contribution in [-0.2, 0) is 4.79 Å². The second-order valence-corrected chi connectivity index (χ2v) is 4.39. The summed E-state index contributed by atoms with van der Waals surface area (Å²) in [5.74, 6) is 1.36. The minimum Gasteiger partial charge on any atom is -0.356 e. The fraction of sp³-hybridized carbons (Fsp3) is 0.917. The van der Waals surface area contributed by atoms with Crippen LogP contribution in [0.1, 0.15) is 52.4 Å². The van der Waals surface area contributed by atoms with Gasteiger partial charge >= 0.3 is 0 Å². The number of amides is 1. The van der Waals surface area contributed by atoms with E-state index in [2.05, 4.69) is 19.2 Å². The van der Waals surface area contributed by atoms with E-state index in [0.717, 1.165) is 19.4 Å². The zero-order valence-electron chi connectivity index (χ0n) is 10.0. The minimum absolute atomic E-state index is 0.144. The van der Waals surface area contributed by atoms with Gasteiger partial charge in [0.05, 0.1) is 0 Å². The quantitative estimate of drug-likeness (QED) is 0.608. The number of nitrogens with one attached hydrogen (secondary N) is 1. The summed E-state index contributed by atoms with van der Waals surface area (Å²) < 4.78 is 0. The van der Waals surface area contributed by atoms with Crippen molar-refractivity contribution >= 4 is 17.5 Å². The second kappa shape index (κ2) is 10.3. The highest BCUT2D eigenvalue weighted by atomic mass is 35.5. The topological polar surface area (TPSA) is 29.1 Å². The van der Waals surface area contributed by atoms with E-state index in [1.807, 2.05) is 0 Å².